The number of halogens is 3. The Bertz CT molecular complexity index is 1080. The maximum Gasteiger partial charge on any atom is 0.413 e. The summed E-state index contributed by atoms with van der Waals surface area (Å²) >= 11 is 1.38. The van der Waals surface area contributed by atoms with Crippen molar-refractivity contribution in [1.29, 1.82) is 0 Å². The van der Waals surface area contributed by atoms with Crippen LogP contribution in [0.15, 0.2) is 66.0 Å². The summed E-state index contributed by atoms with van der Waals surface area (Å²) in [6.07, 6.45) is 0.258. The van der Waals surface area contributed by atoms with Crippen molar-refractivity contribution in [1.82, 2.24) is 14.8 Å². The van der Waals surface area contributed by atoms with Crippen LogP contribution in [0.4, 0.5) is 9.93 Å². The van der Waals surface area contributed by atoms with Gasteiger partial charge in [-0.2, -0.15) is 0 Å². The van der Waals surface area contributed by atoms with Crippen LogP contribution in [-0.4, -0.2) is 59.5 Å². The second kappa shape index (κ2) is 16.4. The van der Waals surface area contributed by atoms with Gasteiger partial charge < -0.3 is 15.4 Å². The molecule has 1 aliphatic heterocycles. The zero-order chi connectivity index (χ0) is 23.8. The molecular weight excluding hydrogens is 557 g/mol. The van der Waals surface area contributed by atoms with E-state index in [2.05, 4.69) is 15.2 Å². The number of aromatic nitrogens is 1. The Labute approximate surface area is 239 Å². The molecule has 0 aliphatic carbocycles. The Kier molecular flexibility index (Phi) is 14.5. The second-order valence-electron chi connectivity index (χ2n) is 8.14. The number of amides is 2. The van der Waals surface area contributed by atoms with E-state index in [4.69, 9.17) is 10.5 Å². The standard InChI is InChI=1S/C25H29N5O3S.3ClH/c26-22(20-9-5-2-6-10-20)23(31)30-15-13-29(14-16-30)12-11-21-18-34-24(27-21)28-25(32)33-17-19-7-3-1-4-8-19;;;/h1-10,18,22H,11-17,26H2,(H,27,28,32);3*1H/t22-;;;/m1.../s1. The molecule has 202 valence electrons. The molecule has 3 aromatic rings. The smallest absolute Gasteiger partial charge is 0.413 e. The first-order valence-corrected chi connectivity index (χ1v) is 12.2. The predicted octanol–water partition coefficient (Wildman–Crippen LogP) is 4.54. The minimum Gasteiger partial charge on any atom is -0.444 e. The monoisotopic (exact) mass is 587 g/mol. The summed E-state index contributed by atoms with van der Waals surface area (Å²) in [5.74, 6) is -0.0276. The SMILES string of the molecule is Cl.Cl.Cl.N[C@@H](C(=O)N1CCN(CCc2csc(NC(=O)OCc3ccccc3)n2)CC1)c1ccccc1. The number of nitrogens with one attached hydrogen (secondary N) is 1. The number of piperazine rings is 1. The van der Waals surface area contributed by atoms with Crippen molar-refractivity contribution >= 4 is 65.7 Å². The van der Waals surface area contributed by atoms with Gasteiger partial charge >= 0.3 is 6.09 Å². The third kappa shape index (κ3) is 9.77. The molecule has 37 heavy (non-hydrogen) atoms. The highest BCUT2D eigenvalue weighted by Crippen LogP contribution is 2.18. The molecule has 2 aromatic carbocycles. The fourth-order valence-corrected chi connectivity index (χ4v) is 4.52. The number of benzene rings is 2. The molecule has 1 atom stereocenters. The lowest BCUT2D eigenvalue weighted by molar-refractivity contribution is -0.134. The van der Waals surface area contributed by atoms with E-state index in [9.17, 15) is 9.59 Å². The van der Waals surface area contributed by atoms with Crippen LogP contribution in [0, 0.1) is 0 Å². The third-order valence-corrected chi connectivity index (χ3v) is 6.57. The quantitative estimate of drug-likeness (QED) is 0.401. The fraction of sp³-hybridized carbons (Fsp3) is 0.320. The normalized spacial score (nSPS) is 13.8. The zero-order valence-corrected chi connectivity index (χ0v) is 23.4. The lowest BCUT2D eigenvalue weighted by Gasteiger charge is -2.35. The summed E-state index contributed by atoms with van der Waals surface area (Å²) in [7, 11) is 0. The van der Waals surface area contributed by atoms with Gasteiger partial charge in [0.2, 0.25) is 5.91 Å². The van der Waals surface area contributed by atoms with E-state index in [1.165, 1.54) is 11.3 Å². The second-order valence-corrected chi connectivity index (χ2v) is 8.99. The van der Waals surface area contributed by atoms with Crippen molar-refractivity contribution < 1.29 is 14.3 Å². The van der Waals surface area contributed by atoms with Crippen LogP contribution in [0.2, 0.25) is 0 Å². The lowest BCUT2D eigenvalue weighted by Crippen LogP contribution is -2.51. The van der Waals surface area contributed by atoms with Crippen molar-refractivity contribution in [3.63, 3.8) is 0 Å². The first-order valence-electron chi connectivity index (χ1n) is 11.3. The number of nitrogens with zero attached hydrogens (tertiary/aromatic N) is 3. The molecule has 4 rings (SSSR count). The van der Waals surface area contributed by atoms with Gasteiger partial charge in [0.15, 0.2) is 5.13 Å². The maximum atomic E-state index is 12.7. The van der Waals surface area contributed by atoms with Crippen molar-refractivity contribution in [2.75, 3.05) is 38.0 Å². The van der Waals surface area contributed by atoms with Gasteiger partial charge in [-0.15, -0.1) is 48.6 Å². The van der Waals surface area contributed by atoms with Gasteiger partial charge in [-0.3, -0.25) is 15.0 Å². The van der Waals surface area contributed by atoms with E-state index in [0.717, 1.165) is 42.9 Å². The van der Waals surface area contributed by atoms with Gasteiger partial charge in [0.25, 0.3) is 0 Å². The van der Waals surface area contributed by atoms with Crippen molar-refractivity contribution in [2.24, 2.45) is 5.73 Å². The molecular formula is C25H32Cl3N5O3S. The maximum absolute atomic E-state index is 12.7. The van der Waals surface area contributed by atoms with Crippen molar-refractivity contribution in [2.45, 2.75) is 19.1 Å². The molecule has 2 heterocycles. The molecule has 1 saturated heterocycles. The van der Waals surface area contributed by atoms with E-state index < -0.39 is 12.1 Å². The number of carbonyl (C=O) groups excluding carboxylic acids is 2. The molecule has 1 fully saturated rings. The van der Waals surface area contributed by atoms with Gasteiger partial charge in [-0.25, -0.2) is 9.78 Å². The van der Waals surface area contributed by atoms with E-state index >= 15 is 0 Å². The van der Waals surface area contributed by atoms with Gasteiger partial charge in [-0.1, -0.05) is 60.7 Å². The molecule has 0 radical (unpaired) electrons. The van der Waals surface area contributed by atoms with Crippen LogP contribution in [0.1, 0.15) is 22.9 Å². The first-order chi connectivity index (χ1) is 16.6. The van der Waals surface area contributed by atoms with Gasteiger partial charge in [0.05, 0.1) is 5.69 Å². The van der Waals surface area contributed by atoms with E-state index in [0.29, 0.717) is 18.2 Å². The van der Waals surface area contributed by atoms with Crippen LogP contribution in [0.25, 0.3) is 0 Å². The fourth-order valence-electron chi connectivity index (χ4n) is 3.79. The Balaban J connectivity index is 0.00000228. The van der Waals surface area contributed by atoms with Gasteiger partial charge in [0.1, 0.15) is 12.6 Å². The molecule has 1 aromatic heterocycles. The molecule has 2 amide bonds. The van der Waals surface area contributed by atoms with Gasteiger partial charge in [-0.05, 0) is 11.1 Å². The Morgan fingerprint density at radius 3 is 2.24 bits per heavy atom. The molecule has 0 unspecified atom stereocenters. The van der Waals surface area contributed by atoms with Crippen molar-refractivity contribution in [3.8, 4) is 0 Å². The average molecular weight is 589 g/mol. The summed E-state index contributed by atoms with van der Waals surface area (Å²) < 4.78 is 5.24. The molecule has 0 saturated carbocycles. The number of hydrogen-bond donors (Lipinski definition) is 2. The molecule has 0 bridgehead atoms. The number of thiazole rings is 1. The number of nitrogens with two attached hydrogens (primary N) is 1. The summed E-state index contributed by atoms with van der Waals surface area (Å²) in [6, 6.07) is 18.4. The molecule has 1 aliphatic rings. The van der Waals surface area contributed by atoms with Crippen LogP contribution in [-0.2, 0) is 22.6 Å². The van der Waals surface area contributed by atoms with Crippen LogP contribution in [0.3, 0.4) is 0 Å². The number of anilines is 1. The van der Waals surface area contributed by atoms with Gasteiger partial charge in [0, 0.05) is 44.5 Å². The van der Waals surface area contributed by atoms with Crippen LogP contribution >= 0.6 is 48.6 Å². The molecule has 8 nitrogen and oxygen atoms in total. The average Bonchev–Trinajstić information content (AvgIpc) is 3.34. The Morgan fingerprint density at radius 2 is 1.59 bits per heavy atom. The van der Waals surface area contributed by atoms with E-state index in [1.54, 1.807) is 0 Å². The molecule has 12 heteroatoms. The summed E-state index contributed by atoms with van der Waals surface area (Å²) in [6.45, 7) is 3.99. The van der Waals surface area contributed by atoms with Crippen LogP contribution in [0.5, 0.6) is 0 Å². The highest BCUT2D eigenvalue weighted by molar-refractivity contribution is 7.13. The number of hydrogen-bond acceptors (Lipinski definition) is 7. The zero-order valence-electron chi connectivity index (χ0n) is 20.2. The topological polar surface area (TPSA) is 101 Å². The molecule has 3 N–H and O–H groups in total. The third-order valence-electron chi connectivity index (χ3n) is 5.77. The number of carbonyl (C=O) groups is 2. The molecule has 0 spiro atoms. The summed E-state index contributed by atoms with van der Waals surface area (Å²) in [4.78, 5) is 33.4. The van der Waals surface area contributed by atoms with Crippen molar-refractivity contribution in [3.05, 3.63) is 82.9 Å². The highest BCUT2D eigenvalue weighted by atomic mass is 35.5. The van der Waals surface area contributed by atoms with Crippen LogP contribution < -0.4 is 11.1 Å². The number of rotatable bonds is 8. The van der Waals surface area contributed by atoms with E-state index in [1.807, 2.05) is 70.9 Å². The first kappa shape index (κ1) is 32.6. The largest absolute Gasteiger partial charge is 0.444 e. The lowest BCUT2D eigenvalue weighted by atomic mass is 10.1. The number of ether oxygens (including phenoxy) is 1. The highest BCUT2D eigenvalue weighted by Gasteiger charge is 2.26. The Hall–Kier alpha value is -2.40. The minimum atomic E-state index is -0.618. The minimum absolute atomic E-state index is 0. The van der Waals surface area contributed by atoms with E-state index in [-0.39, 0.29) is 49.7 Å². The predicted molar refractivity (Wildman–Crippen MR) is 154 cm³/mol. The summed E-state index contributed by atoms with van der Waals surface area (Å²) in [5, 5.41) is 5.17. The Morgan fingerprint density at radius 1 is 0.973 bits per heavy atom. The summed E-state index contributed by atoms with van der Waals surface area (Å²) in [5.41, 5.74) is 8.87.